The third-order valence-electron chi connectivity index (χ3n) is 3.95. The predicted octanol–water partition coefficient (Wildman–Crippen LogP) is 0.733. The van der Waals surface area contributed by atoms with Gasteiger partial charge in [-0.15, -0.1) is 0 Å². The molecule has 0 saturated carbocycles. The highest BCUT2D eigenvalue weighted by Gasteiger charge is 2.36. The van der Waals surface area contributed by atoms with Crippen LogP contribution < -0.4 is 15.1 Å². The number of amides is 2. The van der Waals surface area contributed by atoms with Crippen LogP contribution in [0, 0.1) is 5.82 Å². The molecule has 1 atom stereocenters. The van der Waals surface area contributed by atoms with Crippen LogP contribution in [0.15, 0.2) is 18.2 Å². The lowest BCUT2D eigenvalue weighted by molar-refractivity contribution is -0.127. The Bertz CT molecular complexity index is 619. The Balaban J connectivity index is 1.77. The largest absolute Gasteiger partial charge is 0.434 e. The summed E-state index contributed by atoms with van der Waals surface area (Å²) in [6, 6.07) is 4.58. The topological polar surface area (TPSA) is 71.1 Å². The Morgan fingerprint density at radius 1 is 1.35 bits per heavy atom. The van der Waals surface area contributed by atoms with Gasteiger partial charge in [-0.3, -0.25) is 9.69 Å². The SMILES string of the molecule is CNC(=O)C1CN(c2ccc(N3CCOCC3)c(F)c2)C(=O)O1. The van der Waals surface area contributed by atoms with Gasteiger partial charge in [0.05, 0.1) is 31.1 Å². The second kappa shape index (κ2) is 6.41. The first-order valence-corrected chi connectivity index (χ1v) is 7.42. The molecule has 2 aliphatic rings. The Kier molecular flexibility index (Phi) is 4.33. The number of hydrogen-bond donors (Lipinski definition) is 1. The minimum atomic E-state index is -0.880. The Morgan fingerprint density at radius 2 is 2.09 bits per heavy atom. The number of likely N-dealkylation sites (N-methyl/N-ethyl adjacent to an activating group) is 1. The third-order valence-corrected chi connectivity index (χ3v) is 3.95. The van der Waals surface area contributed by atoms with E-state index < -0.39 is 18.0 Å². The van der Waals surface area contributed by atoms with E-state index in [2.05, 4.69) is 5.32 Å². The lowest BCUT2D eigenvalue weighted by Crippen LogP contribution is -2.37. The Morgan fingerprint density at radius 3 is 2.74 bits per heavy atom. The van der Waals surface area contributed by atoms with Crippen molar-refractivity contribution in [1.82, 2.24) is 5.32 Å². The second-order valence-corrected chi connectivity index (χ2v) is 5.33. The minimum Gasteiger partial charge on any atom is -0.434 e. The lowest BCUT2D eigenvalue weighted by Gasteiger charge is -2.29. The Labute approximate surface area is 132 Å². The van der Waals surface area contributed by atoms with E-state index in [1.54, 1.807) is 12.1 Å². The summed E-state index contributed by atoms with van der Waals surface area (Å²) in [4.78, 5) is 26.6. The first-order valence-electron chi connectivity index (χ1n) is 7.42. The van der Waals surface area contributed by atoms with Crippen molar-refractivity contribution >= 4 is 23.4 Å². The molecule has 1 unspecified atom stereocenters. The first kappa shape index (κ1) is 15.5. The van der Waals surface area contributed by atoms with Crippen LogP contribution >= 0.6 is 0 Å². The molecule has 3 rings (SSSR count). The zero-order chi connectivity index (χ0) is 16.4. The number of carbonyl (C=O) groups excluding carboxylic acids is 2. The van der Waals surface area contributed by atoms with Crippen LogP contribution in [-0.2, 0) is 14.3 Å². The van der Waals surface area contributed by atoms with Crippen LogP contribution in [0.3, 0.4) is 0 Å². The van der Waals surface area contributed by atoms with Crippen molar-refractivity contribution < 1.29 is 23.5 Å². The van der Waals surface area contributed by atoms with Gasteiger partial charge >= 0.3 is 6.09 Å². The summed E-state index contributed by atoms with van der Waals surface area (Å²) in [5, 5.41) is 2.43. The molecule has 0 spiro atoms. The van der Waals surface area contributed by atoms with Crippen molar-refractivity contribution in [3.63, 3.8) is 0 Å². The van der Waals surface area contributed by atoms with Gasteiger partial charge in [0.1, 0.15) is 5.82 Å². The fraction of sp³-hybridized carbons (Fsp3) is 0.467. The number of carbonyl (C=O) groups is 2. The molecule has 0 radical (unpaired) electrons. The van der Waals surface area contributed by atoms with Gasteiger partial charge in [-0.1, -0.05) is 0 Å². The number of hydrogen-bond acceptors (Lipinski definition) is 5. The highest BCUT2D eigenvalue weighted by molar-refractivity contribution is 5.95. The second-order valence-electron chi connectivity index (χ2n) is 5.33. The van der Waals surface area contributed by atoms with Gasteiger partial charge in [0.25, 0.3) is 5.91 Å². The number of nitrogens with zero attached hydrogens (tertiary/aromatic N) is 2. The van der Waals surface area contributed by atoms with E-state index in [1.807, 2.05) is 4.90 Å². The molecule has 124 valence electrons. The molecule has 1 aromatic rings. The molecule has 0 bridgehead atoms. The number of anilines is 2. The molecule has 2 saturated heterocycles. The van der Waals surface area contributed by atoms with Crippen LogP contribution in [0.5, 0.6) is 0 Å². The molecule has 0 aromatic heterocycles. The maximum Gasteiger partial charge on any atom is 0.415 e. The van der Waals surface area contributed by atoms with Crippen LogP contribution in [0.1, 0.15) is 0 Å². The molecule has 1 N–H and O–H groups in total. The van der Waals surface area contributed by atoms with Crippen LogP contribution in [-0.4, -0.2) is 58.0 Å². The minimum absolute atomic E-state index is 0.0643. The van der Waals surface area contributed by atoms with Gasteiger partial charge < -0.3 is 19.7 Å². The van der Waals surface area contributed by atoms with Crippen molar-refractivity contribution in [2.24, 2.45) is 0 Å². The molecule has 23 heavy (non-hydrogen) atoms. The molecule has 2 aliphatic heterocycles. The molecule has 1 aromatic carbocycles. The monoisotopic (exact) mass is 323 g/mol. The van der Waals surface area contributed by atoms with E-state index in [0.29, 0.717) is 37.7 Å². The maximum atomic E-state index is 14.4. The van der Waals surface area contributed by atoms with Gasteiger partial charge in [0.2, 0.25) is 0 Å². The van der Waals surface area contributed by atoms with Gasteiger partial charge in [-0.25, -0.2) is 9.18 Å². The maximum absolute atomic E-state index is 14.4. The fourth-order valence-electron chi connectivity index (χ4n) is 2.70. The van der Waals surface area contributed by atoms with E-state index in [1.165, 1.54) is 18.0 Å². The van der Waals surface area contributed by atoms with E-state index in [0.717, 1.165) is 0 Å². The zero-order valence-electron chi connectivity index (χ0n) is 12.8. The molecule has 7 nitrogen and oxygen atoms in total. The van der Waals surface area contributed by atoms with Crippen LogP contribution in [0.4, 0.5) is 20.6 Å². The molecule has 2 fully saturated rings. The van der Waals surface area contributed by atoms with Gasteiger partial charge in [-0.2, -0.15) is 0 Å². The van der Waals surface area contributed by atoms with Gasteiger partial charge in [0.15, 0.2) is 6.10 Å². The molecular formula is C15H18FN3O4. The molecule has 2 amide bonds. The summed E-state index contributed by atoms with van der Waals surface area (Å²) < 4.78 is 24.6. The number of cyclic esters (lactones) is 1. The predicted molar refractivity (Wildman–Crippen MR) is 81.1 cm³/mol. The third kappa shape index (κ3) is 3.07. The summed E-state index contributed by atoms with van der Waals surface area (Å²) in [7, 11) is 1.47. The van der Waals surface area contributed by atoms with Crippen LogP contribution in [0.25, 0.3) is 0 Å². The van der Waals surface area contributed by atoms with E-state index >= 15 is 0 Å². The average Bonchev–Trinajstić information content (AvgIpc) is 2.96. The van der Waals surface area contributed by atoms with E-state index in [4.69, 9.17) is 9.47 Å². The molecule has 2 heterocycles. The lowest BCUT2D eigenvalue weighted by atomic mass is 10.2. The van der Waals surface area contributed by atoms with E-state index in [9.17, 15) is 14.0 Å². The summed E-state index contributed by atoms with van der Waals surface area (Å²) >= 11 is 0. The van der Waals surface area contributed by atoms with Crippen molar-refractivity contribution in [2.75, 3.05) is 49.7 Å². The standard InChI is InChI=1S/C15H18FN3O4/c1-17-14(20)13-9-19(15(21)23-13)10-2-3-12(11(16)8-10)18-4-6-22-7-5-18/h2-3,8,13H,4-7,9H2,1H3,(H,17,20). The van der Waals surface area contributed by atoms with Gasteiger partial charge in [-0.05, 0) is 18.2 Å². The molecule has 8 heteroatoms. The fourth-order valence-corrected chi connectivity index (χ4v) is 2.70. The summed E-state index contributed by atoms with van der Waals surface area (Å²) in [6.45, 7) is 2.44. The Hall–Kier alpha value is -2.35. The molecule has 0 aliphatic carbocycles. The van der Waals surface area contributed by atoms with Crippen molar-refractivity contribution in [2.45, 2.75) is 6.10 Å². The van der Waals surface area contributed by atoms with Crippen molar-refractivity contribution in [1.29, 1.82) is 0 Å². The highest BCUT2D eigenvalue weighted by atomic mass is 19.1. The average molecular weight is 323 g/mol. The molecular weight excluding hydrogens is 305 g/mol. The van der Waals surface area contributed by atoms with Gasteiger partial charge in [0, 0.05) is 20.1 Å². The number of morpholine rings is 1. The number of halogens is 1. The number of rotatable bonds is 3. The highest BCUT2D eigenvalue weighted by Crippen LogP contribution is 2.28. The normalized spacial score (nSPS) is 21.3. The van der Waals surface area contributed by atoms with Crippen molar-refractivity contribution in [3.05, 3.63) is 24.0 Å². The zero-order valence-corrected chi connectivity index (χ0v) is 12.8. The smallest absolute Gasteiger partial charge is 0.415 e. The first-order chi connectivity index (χ1) is 11.1. The van der Waals surface area contributed by atoms with Crippen molar-refractivity contribution in [3.8, 4) is 0 Å². The number of nitrogens with one attached hydrogen (secondary N) is 1. The van der Waals surface area contributed by atoms with E-state index in [-0.39, 0.29) is 12.5 Å². The summed E-state index contributed by atoms with van der Waals surface area (Å²) in [5.41, 5.74) is 0.850. The summed E-state index contributed by atoms with van der Waals surface area (Å²) in [6.07, 6.45) is -1.54. The van der Waals surface area contributed by atoms with Crippen LogP contribution in [0.2, 0.25) is 0 Å². The summed E-state index contributed by atoms with van der Waals surface area (Å²) in [5.74, 6) is -0.799. The quantitative estimate of drug-likeness (QED) is 0.888. The number of ether oxygens (including phenoxy) is 2. The number of benzene rings is 1.